The first-order chi connectivity index (χ1) is 14.2. The van der Waals surface area contributed by atoms with Gasteiger partial charge in [-0.3, -0.25) is 5.10 Å². The Balaban J connectivity index is 1.46. The van der Waals surface area contributed by atoms with Gasteiger partial charge in [-0.1, -0.05) is 12.1 Å². The summed E-state index contributed by atoms with van der Waals surface area (Å²) in [6.45, 7) is 4.14. The van der Waals surface area contributed by atoms with E-state index < -0.39 is 0 Å². The number of hydrogen-bond donors (Lipinski definition) is 3. The van der Waals surface area contributed by atoms with E-state index in [-0.39, 0.29) is 5.75 Å². The highest BCUT2D eigenvalue weighted by Crippen LogP contribution is 2.37. The monoisotopic (exact) mass is 394 g/mol. The Labute approximate surface area is 171 Å². The Bertz CT molecular complexity index is 931. The minimum atomic E-state index is 0.173. The Morgan fingerprint density at radius 3 is 2.48 bits per heavy atom. The van der Waals surface area contributed by atoms with Gasteiger partial charge >= 0.3 is 0 Å². The van der Waals surface area contributed by atoms with E-state index in [1.807, 2.05) is 36.4 Å². The van der Waals surface area contributed by atoms with Crippen LogP contribution in [0.2, 0.25) is 0 Å². The topological polar surface area (TPSA) is 71.8 Å². The highest BCUT2D eigenvalue weighted by atomic mass is 16.5. The molecule has 1 aromatic heterocycles. The molecule has 1 saturated heterocycles. The van der Waals surface area contributed by atoms with Crippen molar-refractivity contribution in [2.75, 3.05) is 33.4 Å². The molecule has 1 aliphatic heterocycles. The second-order valence-corrected chi connectivity index (χ2v) is 7.48. The van der Waals surface area contributed by atoms with E-state index in [1.54, 1.807) is 24.3 Å². The lowest BCUT2D eigenvalue weighted by Gasteiger charge is -2.23. The maximum absolute atomic E-state index is 10.6. The molecule has 1 aliphatic rings. The van der Waals surface area contributed by atoms with Crippen LogP contribution in [-0.4, -0.2) is 48.7 Å². The van der Waals surface area contributed by atoms with Gasteiger partial charge in [-0.2, -0.15) is 5.10 Å². The number of ether oxygens (including phenoxy) is 2. The molecule has 6 nitrogen and oxygen atoms in total. The molecule has 2 aromatic carbocycles. The van der Waals surface area contributed by atoms with E-state index in [0.717, 1.165) is 29.1 Å². The zero-order chi connectivity index (χ0) is 20.1. The number of aromatic amines is 1. The van der Waals surface area contributed by atoms with Gasteiger partial charge in [0.05, 0.1) is 32.1 Å². The summed E-state index contributed by atoms with van der Waals surface area (Å²) < 4.78 is 11.1. The quantitative estimate of drug-likeness (QED) is 0.576. The van der Waals surface area contributed by atoms with Crippen molar-refractivity contribution in [2.24, 2.45) is 0 Å². The lowest BCUT2D eigenvalue weighted by molar-refractivity contribution is -0.904. The van der Waals surface area contributed by atoms with Crippen LogP contribution in [0.5, 0.6) is 17.2 Å². The fourth-order valence-corrected chi connectivity index (χ4v) is 3.91. The van der Waals surface area contributed by atoms with Crippen molar-refractivity contribution in [3.8, 4) is 39.6 Å². The van der Waals surface area contributed by atoms with E-state index in [2.05, 4.69) is 10.2 Å². The van der Waals surface area contributed by atoms with E-state index in [9.17, 15) is 5.11 Å². The van der Waals surface area contributed by atoms with Gasteiger partial charge in [-0.15, -0.1) is 0 Å². The number of aromatic nitrogens is 2. The molecule has 4 rings (SSSR count). The summed E-state index contributed by atoms with van der Waals surface area (Å²) in [5.74, 6) is 1.66. The summed E-state index contributed by atoms with van der Waals surface area (Å²) in [6, 6.07) is 13.2. The number of phenolic OH excluding ortho intramolecular Hbond substituents is 1. The van der Waals surface area contributed by atoms with E-state index >= 15 is 0 Å². The fourth-order valence-electron chi connectivity index (χ4n) is 3.91. The van der Waals surface area contributed by atoms with Gasteiger partial charge < -0.3 is 19.5 Å². The van der Waals surface area contributed by atoms with Crippen molar-refractivity contribution in [3.63, 3.8) is 0 Å². The van der Waals surface area contributed by atoms with Gasteiger partial charge in [-0.25, -0.2) is 0 Å². The van der Waals surface area contributed by atoms with Crippen molar-refractivity contribution in [1.82, 2.24) is 10.2 Å². The minimum Gasteiger partial charge on any atom is -0.507 e. The molecule has 0 radical (unpaired) electrons. The largest absolute Gasteiger partial charge is 0.507 e. The van der Waals surface area contributed by atoms with Crippen LogP contribution < -0.4 is 14.4 Å². The predicted molar refractivity (Wildman–Crippen MR) is 113 cm³/mol. The number of quaternary nitrogens is 1. The summed E-state index contributed by atoms with van der Waals surface area (Å²) in [7, 11) is 1.65. The van der Waals surface area contributed by atoms with Gasteiger partial charge in [0.25, 0.3) is 0 Å². The molecule has 0 amide bonds. The first-order valence-electron chi connectivity index (χ1n) is 10.2. The van der Waals surface area contributed by atoms with Gasteiger partial charge in [-0.05, 0) is 49.1 Å². The number of benzene rings is 2. The molecule has 0 atom stereocenters. The molecule has 0 unspecified atom stereocenters. The first kappa shape index (κ1) is 19.3. The molecule has 0 aliphatic carbocycles. The van der Waals surface area contributed by atoms with Crippen LogP contribution in [0.15, 0.2) is 48.7 Å². The average molecular weight is 394 g/mol. The van der Waals surface area contributed by atoms with Gasteiger partial charge in [0.15, 0.2) is 0 Å². The van der Waals surface area contributed by atoms with Crippen LogP contribution in [0, 0.1) is 0 Å². The number of H-pyrrole nitrogens is 1. The first-order valence-corrected chi connectivity index (χ1v) is 10.2. The van der Waals surface area contributed by atoms with Crippen molar-refractivity contribution in [1.29, 1.82) is 0 Å². The highest BCUT2D eigenvalue weighted by molar-refractivity contribution is 5.83. The molecule has 2 heterocycles. The molecular weight excluding hydrogens is 366 g/mol. The fraction of sp³-hybridized carbons (Fsp3) is 0.348. The Hall–Kier alpha value is -2.99. The summed E-state index contributed by atoms with van der Waals surface area (Å²) in [6.07, 6.45) is 5.74. The standard InChI is InChI=1S/C23H27N3O3/c1-28-18-7-5-17(6-8-18)21-16-24-25-23(21)20-10-9-19(15-22(20)27)29-14-13-26-11-3-2-4-12-26/h5-10,15-16,27H,2-4,11-14H2,1H3,(H,24,25)/p+1. The average Bonchev–Trinajstić information content (AvgIpc) is 3.24. The van der Waals surface area contributed by atoms with Crippen LogP contribution in [0.1, 0.15) is 19.3 Å². The smallest absolute Gasteiger partial charge is 0.137 e. The highest BCUT2D eigenvalue weighted by Gasteiger charge is 2.16. The van der Waals surface area contributed by atoms with Crippen molar-refractivity contribution < 1.29 is 19.5 Å². The number of aromatic hydroxyl groups is 1. The molecule has 6 heteroatoms. The number of piperidine rings is 1. The third-order valence-electron chi connectivity index (χ3n) is 5.56. The molecule has 0 spiro atoms. The van der Waals surface area contributed by atoms with Crippen LogP contribution in [0.25, 0.3) is 22.4 Å². The second-order valence-electron chi connectivity index (χ2n) is 7.48. The third-order valence-corrected chi connectivity index (χ3v) is 5.56. The maximum Gasteiger partial charge on any atom is 0.137 e. The summed E-state index contributed by atoms with van der Waals surface area (Å²) in [5.41, 5.74) is 3.39. The van der Waals surface area contributed by atoms with Crippen LogP contribution in [-0.2, 0) is 0 Å². The van der Waals surface area contributed by atoms with Crippen LogP contribution >= 0.6 is 0 Å². The van der Waals surface area contributed by atoms with Crippen LogP contribution in [0.3, 0.4) is 0 Å². The van der Waals surface area contributed by atoms with E-state index in [0.29, 0.717) is 17.9 Å². The number of hydrogen-bond acceptors (Lipinski definition) is 4. The number of rotatable bonds is 7. The molecule has 152 valence electrons. The van der Waals surface area contributed by atoms with Crippen molar-refractivity contribution in [3.05, 3.63) is 48.7 Å². The maximum atomic E-state index is 10.6. The van der Waals surface area contributed by atoms with Crippen molar-refractivity contribution in [2.45, 2.75) is 19.3 Å². The Morgan fingerprint density at radius 1 is 1.00 bits per heavy atom. The number of phenols is 1. The van der Waals surface area contributed by atoms with Gasteiger partial charge in [0, 0.05) is 17.2 Å². The number of methoxy groups -OCH3 is 1. The Kier molecular flexibility index (Phi) is 6.00. The predicted octanol–water partition coefficient (Wildman–Crippen LogP) is 2.91. The third kappa shape index (κ3) is 4.54. The molecule has 0 saturated carbocycles. The summed E-state index contributed by atoms with van der Waals surface area (Å²) in [5, 5.41) is 17.8. The summed E-state index contributed by atoms with van der Waals surface area (Å²) >= 11 is 0. The Morgan fingerprint density at radius 2 is 1.76 bits per heavy atom. The molecule has 3 N–H and O–H groups in total. The SMILES string of the molecule is COc1ccc(-c2cn[nH]c2-c2ccc(OCC[NH+]3CCCCC3)cc2O)cc1. The molecule has 3 aromatic rings. The van der Waals surface area contributed by atoms with Crippen molar-refractivity contribution >= 4 is 0 Å². The number of likely N-dealkylation sites (tertiary alicyclic amines) is 1. The van der Waals surface area contributed by atoms with Gasteiger partial charge in [0.2, 0.25) is 0 Å². The minimum absolute atomic E-state index is 0.173. The molecule has 29 heavy (non-hydrogen) atoms. The zero-order valence-corrected chi connectivity index (χ0v) is 16.8. The second kappa shape index (κ2) is 9.01. The normalized spacial score (nSPS) is 14.7. The zero-order valence-electron chi connectivity index (χ0n) is 16.8. The van der Waals surface area contributed by atoms with E-state index in [4.69, 9.17) is 9.47 Å². The molecule has 0 bridgehead atoms. The molecular formula is C23H28N3O3+. The lowest BCUT2D eigenvalue weighted by atomic mass is 10.0. The van der Waals surface area contributed by atoms with Crippen LogP contribution in [0.4, 0.5) is 0 Å². The summed E-state index contributed by atoms with van der Waals surface area (Å²) in [4.78, 5) is 1.61. The molecule has 1 fully saturated rings. The number of nitrogens with zero attached hydrogens (tertiary/aromatic N) is 1. The lowest BCUT2D eigenvalue weighted by Crippen LogP contribution is -3.13. The van der Waals surface area contributed by atoms with E-state index in [1.165, 1.54) is 32.4 Å². The van der Waals surface area contributed by atoms with Gasteiger partial charge in [0.1, 0.15) is 30.4 Å². The number of nitrogens with one attached hydrogen (secondary N) is 2.